The van der Waals surface area contributed by atoms with Crippen molar-refractivity contribution < 1.29 is 28.4 Å². The number of carbonyl (C=O) groups excluding carboxylic acids is 2. The van der Waals surface area contributed by atoms with E-state index in [0.29, 0.717) is 22.1 Å². The number of methoxy groups -OCH3 is 1. The van der Waals surface area contributed by atoms with E-state index in [2.05, 4.69) is 0 Å². The average Bonchev–Trinajstić information content (AvgIpc) is 3.07. The molecule has 0 radical (unpaired) electrons. The van der Waals surface area contributed by atoms with Crippen molar-refractivity contribution in [3.63, 3.8) is 0 Å². The number of esters is 1. The van der Waals surface area contributed by atoms with E-state index in [1.54, 1.807) is 45.0 Å². The van der Waals surface area contributed by atoms with Crippen LogP contribution in [0.3, 0.4) is 0 Å². The topological polar surface area (TPSA) is 76.0 Å². The van der Waals surface area contributed by atoms with Crippen LogP contribution in [0.4, 0.5) is 4.79 Å². The largest absolute Gasteiger partial charge is 0.513 e. The van der Waals surface area contributed by atoms with Crippen molar-refractivity contribution in [3.8, 4) is 0 Å². The van der Waals surface area contributed by atoms with Crippen LogP contribution in [0, 0.1) is 0 Å². The van der Waals surface area contributed by atoms with Crippen LogP contribution in [0.2, 0.25) is 0 Å². The summed E-state index contributed by atoms with van der Waals surface area (Å²) in [6.45, 7) is 13.1. The van der Waals surface area contributed by atoms with E-state index in [1.807, 2.05) is 27.7 Å². The molecule has 8 heteroatoms. The summed E-state index contributed by atoms with van der Waals surface area (Å²) in [6.07, 6.45) is -0.570. The highest BCUT2D eigenvalue weighted by atomic mass is 16.7. The summed E-state index contributed by atoms with van der Waals surface area (Å²) in [5, 5.41) is 0.565. The lowest BCUT2D eigenvalue weighted by Gasteiger charge is -2.32. The zero-order valence-corrected chi connectivity index (χ0v) is 18.3. The molecule has 0 bridgehead atoms. The van der Waals surface area contributed by atoms with Gasteiger partial charge in [0.25, 0.3) is 0 Å². The number of nitrogens with zero attached hydrogens (tertiary/aromatic N) is 1. The van der Waals surface area contributed by atoms with Gasteiger partial charge in [0.15, 0.2) is 0 Å². The Labute approximate surface area is 171 Å². The molecule has 0 N–H and O–H groups in total. The van der Waals surface area contributed by atoms with Gasteiger partial charge in [0.2, 0.25) is 0 Å². The van der Waals surface area contributed by atoms with Crippen LogP contribution >= 0.6 is 0 Å². The number of aromatic nitrogens is 1. The van der Waals surface area contributed by atoms with Crippen molar-refractivity contribution in [1.29, 1.82) is 0 Å². The van der Waals surface area contributed by atoms with Gasteiger partial charge in [0.1, 0.15) is 5.60 Å². The second-order valence-corrected chi connectivity index (χ2v) is 9.20. The van der Waals surface area contributed by atoms with Gasteiger partial charge in [-0.2, -0.15) is 0 Å². The lowest BCUT2D eigenvalue weighted by molar-refractivity contribution is 0.00578. The van der Waals surface area contributed by atoms with E-state index >= 15 is 0 Å². The van der Waals surface area contributed by atoms with Crippen LogP contribution in [0.1, 0.15) is 58.8 Å². The second-order valence-electron chi connectivity index (χ2n) is 9.20. The SMILES string of the molecule is COC(=O)c1cccc2c1cc(B1OC(C)(C)C(C)(C)O1)n2C(=O)OC(C)(C)C. The number of hydrogen-bond donors (Lipinski definition) is 0. The highest BCUT2D eigenvalue weighted by molar-refractivity contribution is 6.62. The third kappa shape index (κ3) is 3.79. The maximum absolute atomic E-state index is 13.1. The predicted molar refractivity (Wildman–Crippen MR) is 111 cm³/mol. The van der Waals surface area contributed by atoms with Gasteiger partial charge < -0.3 is 18.8 Å². The number of benzene rings is 1. The molecule has 1 aromatic heterocycles. The first-order valence-corrected chi connectivity index (χ1v) is 9.59. The van der Waals surface area contributed by atoms with Crippen LogP contribution in [-0.4, -0.2) is 47.7 Å². The van der Waals surface area contributed by atoms with Gasteiger partial charge in [-0.25, -0.2) is 9.59 Å². The van der Waals surface area contributed by atoms with Gasteiger partial charge in [-0.15, -0.1) is 0 Å². The lowest BCUT2D eigenvalue weighted by atomic mass is 9.84. The molecule has 0 amide bonds. The lowest BCUT2D eigenvalue weighted by Crippen LogP contribution is -2.43. The van der Waals surface area contributed by atoms with E-state index in [9.17, 15) is 9.59 Å². The van der Waals surface area contributed by atoms with Gasteiger partial charge >= 0.3 is 19.2 Å². The highest BCUT2D eigenvalue weighted by Gasteiger charge is 2.53. The molecule has 0 saturated carbocycles. The predicted octanol–water partition coefficient (Wildman–Crippen LogP) is 3.51. The van der Waals surface area contributed by atoms with E-state index < -0.39 is 36.0 Å². The van der Waals surface area contributed by atoms with E-state index in [1.165, 1.54) is 11.7 Å². The maximum Gasteiger partial charge on any atom is 0.513 e. The number of ether oxygens (including phenoxy) is 2. The van der Waals surface area contributed by atoms with E-state index in [0.717, 1.165) is 0 Å². The third-order valence-electron chi connectivity index (χ3n) is 5.35. The van der Waals surface area contributed by atoms with Crippen molar-refractivity contribution in [1.82, 2.24) is 4.57 Å². The molecule has 0 aliphatic carbocycles. The molecule has 1 saturated heterocycles. The van der Waals surface area contributed by atoms with Gasteiger partial charge in [-0.05, 0) is 66.7 Å². The first kappa shape index (κ1) is 21.4. The summed E-state index contributed by atoms with van der Waals surface area (Å²) in [5.41, 5.74) is -0.530. The summed E-state index contributed by atoms with van der Waals surface area (Å²) in [4.78, 5) is 25.4. The molecule has 0 atom stereocenters. The Bertz CT molecular complexity index is 953. The fourth-order valence-corrected chi connectivity index (χ4v) is 3.19. The van der Waals surface area contributed by atoms with Crippen LogP contribution in [0.15, 0.2) is 24.3 Å². The molecule has 29 heavy (non-hydrogen) atoms. The minimum atomic E-state index is -0.801. The van der Waals surface area contributed by atoms with Crippen molar-refractivity contribution >= 4 is 35.7 Å². The fourth-order valence-electron chi connectivity index (χ4n) is 3.19. The first-order valence-electron chi connectivity index (χ1n) is 9.59. The molecule has 2 aromatic rings. The standard InChI is InChI=1S/C21H28BNO6/c1-19(2,3)27-18(25)23-15-11-9-10-13(17(24)26-8)14(15)12-16(23)22-28-20(4,5)21(6,7)29-22/h9-12H,1-8H3. The summed E-state index contributed by atoms with van der Waals surface area (Å²) in [7, 11) is 0.520. The minimum absolute atomic E-state index is 0.352. The molecule has 1 aromatic carbocycles. The summed E-state index contributed by atoms with van der Waals surface area (Å²) < 4.78 is 24.2. The van der Waals surface area contributed by atoms with Crippen LogP contribution in [0.25, 0.3) is 10.9 Å². The fraction of sp³-hybridized carbons (Fsp3) is 0.524. The normalized spacial score (nSPS) is 18.1. The van der Waals surface area contributed by atoms with Crippen molar-refractivity contribution in [3.05, 3.63) is 29.8 Å². The van der Waals surface area contributed by atoms with Gasteiger partial charge in [0.05, 0.1) is 35.0 Å². The first-order chi connectivity index (χ1) is 13.3. The molecule has 0 spiro atoms. The monoisotopic (exact) mass is 401 g/mol. The van der Waals surface area contributed by atoms with Crippen molar-refractivity contribution in [2.24, 2.45) is 0 Å². The Morgan fingerprint density at radius 3 is 2.17 bits per heavy atom. The van der Waals surface area contributed by atoms with Gasteiger partial charge in [0, 0.05) is 5.39 Å². The molecular formula is C21H28BNO6. The minimum Gasteiger partial charge on any atom is -0.465 e. The zero-order chi connectivity index (χ0) is 21.8. The Morgan fingerprint density at radius 2 is 1.66 bits per heavy atom. The summed E-state index contributed by atoms with van der Waals surface area (Å²) in [6, 6.07) is 6.83. The smallest absolute Gasteiger partial charge is 0.465 e. The molecule has 1 aliphatic heterocycles. The molecule has 156 valence electrons. The summed E-state index contributed by atoms with van der Waals surface area (Å²) in [5.74, 6) is -0.489. The Kier molecular flexibility index (Phi) is 5.08. The molecule has 7 nitrogen and oxygen atoms in total. The number of rotatable bonds is 2. The van der Waals surface area contributed by atoms with Crippen LogP contribution in [-0.2, 0) is 18.8 Å². The molecular weight excluding hydrogens is 373 g/mol. The van der Waals surface area contributed by atoms with Crippen molar-refractivity contribution in [2.75, 3.05) is 7.11 Å². The number of carbonyl (C=O) groups is 2. The molecule has 1 aliphatic rings. The Balaban J connectivity index is 2.22. The Hall–Kier alpha value is -2.32. The molecule has 3 rings (SSSR count). The highest BCUT2D eigenvalue weighted by Crippen LogP contribution is 2.37. The summed E-state index contributed by atoms with van der Waals surface area (Å²) >= 11 is 0. The zero-order valence-electron chi connectivity index (χ0n) is 18.3. The Morgan fingerprint density at radius 1 is 1.07 bits per heavy atom. The third-order valence-corrected chi connectivity index (χ3v) is 5.35. The second kappa shape index (κ2) is 6.88. The average molecular weight is 401 g/mol. The molecule has 0 unspecified atom stereocenters. The van der Waals surface area contributed by atoms with Gasteiger partial charge in [-0.3, -0.25) is 4.57 Å². The van der Waals surface area contributed by atoms with E-state index in [-0.39, 0.29) is 0 Å². The van der Waals surface area contributed by atoms with Crippen LogP contribution in [0.5, 0.6) is 0 Å². The maximum atomic E-state index is 13.1. The number of fused-ring (bicyclic) bond motifs is 1. The molecule has 1 fully saturated rings. The quantitative estimate of drug-likeness (QED) is 0.566. The van der Waals surface area contributed by atoms with E-state index in [4.69, 9.17) is 18.8 Å². The van der Waals surface area contributed by atoms with Crippen molar-refractivity contribution in [2.45, 2.75) is 65.3 Å². The van der Waals surface area contributed by atoms with Gasteiger partial charge in [-0.1, -0.05) is 6.07 Å². The van der Waals surface area contributed by atoms with Crippen LogP contribution < -0.4 is 5.59 Å². The molecule has 2 heterocycles. The number of hydrogen-bond acceptors (Lipinski definition) is 6.